The molecular weight excluding hydrogens is 160 g/mol. The first-order chi connectivity index (χ1) is 5.56. The van der Waals surface area contributed by atoms with Crippen LogP contribution < -0.4 is 0 Å². The van der Waals surface area contributed by atoms with Crippen molar-refractivity contribution in [2.24, 2.45) is 5.41 Å². The minimum absolute atomic E-state index is 0.112. The molecule has 0 radical (unpaired) electrons. The molecule has 72 valence electrons. The van der Waals surface area contributed by atoms with E-state index in [1.54, 1.807) is 0 Å². The molecule has 12 heavy (non-hydrogen) atoms. The number of hydrogen-bond donors (Lipinski definition) is 0. The Morgan fingerprint density at radius 1 is 1.08 bits per heavy atom. The van der Waals surface area contributed by atoms with Crippen molar-refractivity contribution in [3.05, 3.63) is 0 Å². The summed E-state index contributed by atoms with van der Waals surface area (Å²) in [6, 6.07) is 0. The van der Waals surface area contributed by atoms with Gasteiger partial charge in [0.1, 0.15) is 0 Å². The average molecular weight is 177 g/mol. The monoisotopic (exact) mass is 177 g/mol. The molecule has 0 aromatic carbocycles. The van der Waals surface area contributed by atoms with Crippen LogP contribution in [0.25, 0.3) is 0 Å². The van der Waals surface area contributed by atoms with Crippen LogP contribution in [0, 0.1) is 5.41 Å². The zero-order valence-corrected chi connectivity index (χ0v) is 8.03. The summed E-state index contributed by atoms with van der Waals surface area (Å²) in [5.74, 6) is -2.35. The largest absolute Gasteiger partial charge is 0.305 e. The van der Waals surface area contributed by atoms with Crippen molar-refractivity contribution >= 4 is 0 Å². The summed E-state index contributed by atoms with van der Waals surface area (Å²) in [6.07, 6.45) is 0.838. The molecule has 1 nitrogen and oxygen atoms in total. The quantitative estimate of drug-likeness (QED) is 0.549. The molecule has 3 heteroatoms. The highest BCUT2D eigenvalue weighted by molar-refractivity contribution is 5.10. The highest BCUT2D eigenvalue weighted by atomic mass is 19.3. The maximum absolute atomic E-state index is 12.8. The van der Waals surface area contributed by atoms with Crippen LogP contribution in [0.1, 0.15) is 26.7 Å². The fraction of sp³-hybridized carbons (Fsp3) is 1.00. The lowest BCUT2D eigenvalue weighted by Gasteiger charge is -2.59. The molecule has 1 heterocycles. The van der Waals surface area contributed by atoms with Gasteiger partial charge in [0.2, 0.25) is 0 Å². The Bertz CT molecular complexity index is 162. The molecule has 1 aliphatic heterocycles. The number of alkyl halides is 2. The Hall–Kier alpha value is -0.180. The van der Waals surface area contributed by atoms with Crippen LogP contribution >= 0.6 is 0 Å². The number of likely N-dealkylation sites (tertiary alicyclic amines) is 1. The summed E-state index contributed by atoms with van der Waals surface area (Å²) in [4.78, 5) is 1.95. The number of hydrogen-bond acceptors (Lipinski definition) is 1. The van der Waals surface area contributed by atoms with E-state index in [-0.39, 0.29) is 6.42 Å². The van der Waals surface area contributed by atoms with E-state index in [4.69, 9.17) is 0 Å². The second-order valence-electron chi connectivity index (χ2n) is 3.66. The van der Waals surface area contributed by atoms with E-state index in [9.17, 15) is 8.78 Å². The fourth-order valence-corrected chi connectivity index (χ4v) is 2.04. The van der Waals surface area contributed by atoms with Gasteiger partial charge in [0.05, 0.1) is 5.41 Å². The van der Waals surface area contributed by atoms with Crippen LogP contribution in [0.15, 0.2) is 0 Å². The maximum atomic E-state index is 12.8. The molecule has 0 aromatic rings. The molecule has 2 fully saturated rings. The molecule has 1 saturated heterocycles. The van der Waals surface area contributed by atoms with Gasteiger partial charge >= 0.3 is 0 Å². The van der Waals surface area contributed by atoms with E-state index in [1.165, 1.54) is 0 Å². The first-order valence-electron chi connectivity index (χ1n) is 4.62. The molecule has 0 aromatic heterocycles. The molecule has 1 spiro atoms. The van der Waals surface area contributed by atoms with Crippen molar-refractivity contribution < 1.29 is 8.78 Å². The van der Waals surface area contributed by atoms with Crippen LogP contribution in [0.2, 0.25) is 0 Å². The number of rotatable bonds is 0. The first-order valence-corrected chi connectivity index (χ1v) is 4.62. The smallest absolute Gasteiger partial charge is 0.256 e. The van der Waals surface area contributed by atoms with E-state index < -0.39 is 11.3 Å². The lowest BCUT2D eigenvalue weighted by atomic mass is 9.60. The van der Waals surface area contributed by atoms with Crippen LogP contribution in [-0.2, 0) is 0 Å². The van der Waals surface area contributed by atoms with Gasteiger partial charge in [-0.05, 0) is 13.5 Å². The van der Waals surface area contributed by atoms with Gasteiger partial charge in [0, 0.05) is 19.5 Å². The Balaban J connectivity index is 0.000000336. The highest BCUT2D eigenvalue weighted by Gasteiger charge is 2.65. The summed E-state index contributed by atoms with van der Waals surface area (Å²) in [7, 11) is 1.89. The third-order valence-corrected chi connectivity index (χ3v) is 2.84. The van der Waals surface area contributed by atoms with E-state index >= 15 is 0 Å². The van der Waals surface area contributed by atoms with E-state index in [1.807, 2.05) is 25.8 Å². The van der Waals surface area contributed by atoms with Crippen molar-refractivity contribution in [3.8, 4) is 0 Å². The Kier molecular flexibility index (Phi) is 2.43. The lowest BCUT2D eigenvalue weighted by Crippen LogP contribution is -2.68. The van der Waals surface area contributed by atoms with Crippen molar-refractivity contribution in [2.75, 3.05) is 20.1 Å². The minimum Gasteiger partial charge on any atom is -0.305 e. The predicted octanol–water partition coefficient (Wildman–Crippen LogP) is 2.37. The summed E-state index contributed by atoms with van der Waals surface area (Å²) in [5, 5.41) is 0. The van der Waals surface area contributed by atoms with Crippen molar-refractivity contribution in [1.29, 1.82) is 0 Å². The number of halogens is 2. The predicted molar refractivity (Wildman–Crippen MR) is 45.5 cm³/mol. The van der Waals surface area contributed by atoms with Crippen LogP contribution in [0.4, 0.5) is 8.78 Å². The molecular formula is C9H17F2N. The van der Waals surface area contributed by atoms with E-state index in [0.29, 0.717) is 13.1 Å². The third-order valence-electron chi connectivity index (χ3n) is 2.84. The van der Waals surface area contributed by atoms with Gasteiger partial charge in [-0.15, -0.1) is 0 Å². The average Bonchev–Trinajstić information content (AvgIpc) is 2.00. The molecule has 0 unspecified atom stereocenters. The molecule has 0 N–H and O–H groups in total. The maximum Gasteiger partial charge on any atom is 0.256 e. The van der Waals surface area contributed by atoms with Crippen molar-refractivity contribution in [3.63, 3.8) is 0 Å². The Morgan fingerprint density at radius 2 is 1.58 bits per heavy atom. The van der Waals surface area contributed by atoms with Gasteiger partial charge in [-0.1, -0.05) is 13.8 Å². The van der Waals surface area contributed by atoms with Crippen LogP contribution in [0.3, 0.4) is 0 Å². The fourth-order valence-electron chi connectivity index (χ4n) is 2.04. The molecule has 0 amide bonds. The summed E-state index contributed by atoms with van der Waals surface area (Å²) >= 11 is 0. The van der Waals surface area contributed by atoms with Gasteiger partial charge in [-0.2, -0.15) is 0 Å². The molecule has 0 bridgehead atoms. The Labute approximate surface area is 72.7 Å². The first kappa shape index (κ1) is 9.90. The van der Waals surface area contributed by atoms with Crippen LogP contribution in [0.5, 0.6) is 0 Å². The Morgan fingerprint density at radius 3 is 1.67 bits per heavy atom. The summed E-state index contributed by atoms with van der Waals surface area (Å²) in [6.45, 7) is 5.19. The van der Waals surface area contributed by atoms with Gasteiger partial charge < -0.3 is 4.90 Å². The van der Waals surface area contributed by atoms with Crippen molar-refractivity contribution in [2.45, 2.75) is 32.6 Å². The molecule has 2 aliphatic rings. The van der Waals surface area contributed by atoms with Crippen molar-refractivity contribution in [1.82, 2.24) is 4.90 Å². The van der Waals surface area contributed by atoms with E-state index in [0.717, 1.165) is 6.42 Å². The second-order valence-corrected chi connectivity index (χ2v) is 3.66. The van der Waals surface area contributed by atoms with Crippen LogP contribution in [-0.4, -0.2) is 31.0 Å². The summed E-state index contributed by atoms with van der Waals surface area (Å²) in [5.41, 5.74) is -0.595. The lowest BCUT2D eigenvalue weighted by molar-refractivity contribution is -0.254. The minimum atomic E-state index is -2.35. The summed E-state index contributed by atoms with van der Waals surface area (Å²) < 4.78 is 25.6. The molecule has 0 atom stereocenters. The topological polar surface area (TPSA) is 3.24 Å². The second kappa shape index (κ2) is 2.95. The molecule has 2 rings (SSSR count). The van der Waals surface area contributed by atoms with Gasteiger partial charge in [-0.25, -0.2) is 8.78 Å². The third kappa shape index (κ3) is 1.15. The molecule has 1 aliphatic carbocycles. The SMILES string of the molecule is CC.CN1CC2(CCC2(F)F)C1. The van der Waals surface area contributed by atoms with E-state index in [2.05, 4.69) is 0 Å². The highest BCUT2D eigenvalue weighted by Crippen LogP contribution is 2.58. The zero-order valence-electron chi connectivity index (χ0n) is 8.03. The normalized spacial score (nSPS) is 29.8. The van der Waals surface area contributed by atoms with Gasteiger partial charge in [0.25, 0.3) is 5.92 Å². The van der Waals surface area contributed by atoms with Gasteiger partial charge in [-0.3, -0.25) is 0 Å². The standard InChI is InChI=1S/C7H11F2N.C2H6/c1-10-4-6(5-10)2-3-7(6,8)9;1-2/h2-5H2,1H3;1-2H3. The molecule has 1 saturated carbocycles. The zero-order chi connectivity index (χ0) is 9.41. The number of nitrogens with zero attached hydrogens (tertiary/aromatic N) is 1. The van der Waals surface area contributed by atoms with Gasteiger partial charge in [0.15, 0.2) is 0 Å².